The number of likely N-dealkylation sites (tertiary alicyclic amines) is 1. The van der Waals surface area contributed by atoms with Crippen molar-refractivity contribution in [3.05, 3.63) is 34.9 Å². The number of carbonyl (C=O) groups is 1. The Labute approximate surface area is 115 Å². The molecule has 1 aliphatic heterocycles. The molecule has 1 saturated heterocycles. The topological polar surface area (TPSA) is 20.3 Å². The van der Waals surface area contributed by atoms with E-state index < -0.39 is 11.7 Å². The van der Waals surface area contributed by atoms with Crippen LogP contribution in [-0.4, -0.2) is 24.4 Å². The highest BCUT2D eigenvalue weighted by Crippen LogP contribution is 2.56. The first-order chi connectivity index (χ1) is 9.31. The van der Waals surface area contributed by atoms with Gasteiger partial charge >= 0.3 is 6.18 Å². The second-order valence-corrected chi connectivity index (χ2v) is 6.25. The first-order valence-corrected chi connectivity index (χ1v) is 6.69. The predicted molar refractivity (Wildman–Crippen MR) is 68.2 cm³/mol. The Morgan fingerprint density at radius 3 is 2.45 bits per heavy atom. The van der Waals surface area contributed by atoms with Gasteiger partial charge in [0.2, 0.25) is 6.41 Å². The van der Waals surface area contributed by atoms with Gasteiger partial charge in [-0.2, -0.15) is 13.2 Å². The average Bonchev–Trinajstić information content (AvgIpc) is 2.23. The van der Waals surface area contributed by atoms with Crippen LogP contribution in [0.15, 0.2) is 18.2 Å². The summed E-state index contributed by atoms with van der Waals surface area (Å²) in [6, 6.07) is 4.32. The molecule has 1 amide bonds. The molecule has 0 atom stereocenters. The first-order valence-electron chi connectivity index (χ1n) is 6.69. The predicted octanol–water partition coefficient (Wildman–Crippen LogP) is 3.35. The van der Waals surface area contributed by atoms with E-state index in [1.807, 2.05) is 6.07 Å². The SMILES string of the molecule is Cc1cc(C2CC3(C2)CN(C=O)C3)cc(C(F)(F)F)c1. The molecule has 0 unspecified atom stereocenters. The van der Waals surface area contributed by atoms with Crippen LogP contribution in [0, 0.1) is 12.3 Å². The molecule has 1 saturated carbocycles. The molecule has 3 rings (SSSR count). The van der Waals surface area contributed by atoms with Crippen LogP contribution in [0.5, 0.6) is 0 Å². The fraction of sp³-hybridized carbons (Fsp3) is 0.533. The zero-order valence-electron chi connectivity index (χ0n) is 11.2. The largest absolute Gasteiger partial charge is 0.416 e. The van der Waals surface area contributed by atoms with Crippen molar-refractivity contribution in [2.45, 2.75) is 31.9 Å². The Bertz CT molecular complexity index is 539. The van der Waals surface area contributed by atoms with Crippen LogP contribution in [-0.2, 0) is 11.0 Å². The molecule has 2 nitrogen and oxygen atoms in total. The number of carbonyl (C=O) groups excluding carboxylic acids is 1. The molecule has 108 valence electrons. The minimum absolute atomic E-state index is 0.174. The van der Waals surface area contributed by atoms with Crippen molar-refractivity contribution in [3.8, 4) is 0 Å². The zero-order chi connectivity index (χ0) is 14.5. The van der Waals surface area contributed by atoms with E-state index >= 15 is 0 Å². The van der Waals surface area contributed by atoms with Crippen molar-refractivity contribution < 1.29 is 18.0 Å². The number of alkyl halides is 3. The van der Waals surface area contributed by atoms with E-state index in [1.165, 1.54) is 12.1 Å². The summed E-state index contributed by atoms with van der Waals surface area (Å²) in [4.78, 5) is 12.3. The van der Waals surface area contributed by atoms with E-state index in [-0.39, 0.29) is 11.3 Å². The molecular weight excluding hydrogens is 267 g/mol. The third-order valence-electron chi connectivity index (χ3n) is 4.48. The van der Waals surface area contributed by atoms with E-state index in [1.54, 1.807) is 11.8 Å². The number of rotatable bonds is 2. The molecule has 1 spiro atoms. The van der Waals surface area contributed by atoms with Crippen molar-refractivity contribution in [1.82, 2.24) is 4.90 Å². The number of hydrogen-bond acceptors (Lipinski definition) is 1. The number of benzene rings is 1. The van der Waals surface area contributed by atoms with Gasteiger partial charge in [0.25, 0.3) is 0 Å². The van der Waals surface area contributed by atoms with Gasteiger partial charge in [0.1, 0.15) is 0 Å². The van der Waals surface area contributed by atoms with Gasteiger partial charge in [-0.05, 0) is 43.4 Å². The fourth-order valence-electron chi connectivity index (χ4n) is 3.58. The van der Waals surface area contributed by atoms with Crippen molar-refractivity contribution >= 4 is 6.41 Å². The van der Waals surface area contributed by atoms with E-state index in [4.69, 9.17) is 0 Å². The maximum Gasteiger partial charge on any atom is 0.416 e. The van der Waals surface area contributed by atoms with Gasteiger partial charge in [0, 0.05) is 18.5 Å². The summed E-state index contributed by atoms with van der Waals surface area (Å²) in [6.07, 6.45) is -1.67. The van der Waals surface area contributed by atoms with Crippen LogP contribution in [0.25, 0.3) is 0 Å². The standard InChI is InChI=1S/C15H16F3NO/c1-10-2-11(4-13(3-10)15(16,17)18)12-5-14(6-12)7-19(8-14)9-20/h2-4,9,12H,5-8H2,1H3. The highest BCUT2D eigenvalue weighted by atomic mass is 19.4. The third kappa shape index (κ3) is 2.19. The molecule has 5 heteroatoms. The Morgan fingerprint density at radius 2 is 1.90 bits per heavy atom. The average molecular weight is 283 g/mol. The van der Waals surface area contributed by atoms with Gasteiger partial charge in [-0.1, -0.05) is 11.6 Å². The van der Waals surface area contributed by atoms with Crippen LogP contribution in [0.3, 0.4) is 0 Å². The quantitative estimate of drug-likeness (QED) is 0.762. The second-order valence-electron chi connectivity index (χ2n) is 6.25. The van der Waals surface area contributed by atoms with Gasteiger partial charge in [-0.15, -0.1) is 0 Å². The summed E-state index contributed by atoms with van der Waals surface area (Å²) in [5.74, 6) is 0.199. The molecule has 2 aliphatic rings. The lowest BCUT2D eigenvalue weighted by Crippen LogP contribution is -2.60. The maximum atomic E-state index is 12.8. The van der Waals surface area contributed by atoms with E-state index in [0.29, 0.717) is 5.56 Å². The highest BCUT2D eigenvalue weighted by molar-refractivity contribution is 5.50. The van der Waals surface area contributed by atoms with Crippen molar-refractivity contribution in [2.75, 3.05) is 13.1 Å². The van der Waals surface area contributed by atoms with Gasteiger partial charge < -0.3 is 4.90 Å². The normalized spacial score (nSPS) is 21.5. The summed E-state index contributed by atoms with van der Waals surface area (Å²) in [7, 11) is 0. The molecule has 1 aliphatic carbocycles. The Morgan fingerprint density at radius 1 is 1.25 bits per heavy atom. The minimum Gasteiger partial charge on any atom is -0.344 e. The van der Waals surface area contributed by atoms with E-state index in [9.17, 15) is 18.0 Å². The lowest BCUT2D eigenvalue weighted by molar-refractivity contribution is -0.139. The number of amides is 1. The molecule has 2 fully saturated rings. The Kier molecular flexibility index (Phi) is 2.85. The van der Waals surface area contributed by atoms with Crippen LogP contribution >= 0.6 is 0 Å². The minimum atomic E-state index is -4.28. The smallest absolute Gasteiger partial charge is 0.344 e. The summed E-state index contributed by atoms with van der Waals surface area (Å²) < 4.78 is 38.4. The molecule has 20 heavy (non-hydrogen) atoms. The number of nitrogens with zero attached hydrogens (tertiary/aromatic N) is 1. The van der Waals surface area contributed by atoms with Crippen molar-refractivity contribution in [3.63, 3.8) is 0 Å². The van der Waals surface area contributed by atoms with Crippen LogP contribution in [0.4, 0.5) is 13.2 Å². The van der Waals surface area contributed by atoms with Crippen molar-refractivity contribution in [2.24, 2.45) is 5.41 Å². The molecule has 1 aromatic rings. The zero-order valence-corrected chi connectivity index (χ0v) is 11.2. The van der Waals surface area contributed by atoms with Gasteiger partial charge in [0.05, 0.1) is 5.56 Å². The van der Waals surface area contributed by atoms with Gasteiger partial charge in [0.15, 0.2) is 0 Å². The summed E-state index contributed by atoms with van der Waals surface area (Å²) in [5.41, 5.74) is 1.05. The number of hydrogen-bond donors (Lipinski definition) is 0. The molecule has 1 heterocycles. The molecule has 0 radical (unpaired) electrons. The van der Waals surface area contributed by atoms with E-state index in [0.717, 1.165) is 37.9 Å². The Hall–Kier alpha value is -1.52. The lowest BCUT2D eigenvalue weighted by Gasteiger charge is -2.58. The fourth-order valence-corrected chi connectivity index (χ4v) is 3.58. The lowest BCUT2D eigenvalue weighted by atomic mass is 9.56. The third-order valence-corrected chi connectivity index (χ3v) is 4.48. The molecule has 0 bridgehead atoms. The van der Waals surface area contributed by atoms with Gasteiger partial charge in [-0.25, -0.2) is 0 Å². The Balaban J connectivity index is 1.74. The van der Waals surface area contributed by atoms with E-state index in [2.05, 4.69) is 0 Å². The second kappa shape index (κ2) is 4.24. The summed E-state index contributed by atoms with van der Waals surface area (Å²) in [6.45, 7) is 3.21. The summed E-state index contributed by atoms with van der Waals surface area (Å²) >= 11 is 0. The molecule has 1 aromatic carbocycles. The number of halogens is 3. The monoisotopic (exact) mass is 283 g/mol. The maximum absolute atomic E-state index is 12.8. The van der Waals surface area contributed by atoms with Crippen LogP contribution < -0.4 is 0 Å². The van der Waals surface area contributed by atoms with Crippen LogP contribution in [0.1, 0.15) is 35.4 Å². The first kappa shape index (κ1) is 13.5. The summed E-state index contributed by atoms with van der Waals surface area (Å²) in [5, 5.41) is 0. The molecule has 0 N–H and O–H groups in total. The van der Waals surface area contributed by atoms with Crippen LogP contribution in [0.2, 0.25) is 0 Å². The van der Waals surface area contributed by atoms with Gasteiger partial charge in [-0.3, -0.25) is 4.79 Å². The molecule has 0 aromatic heterocycles. The number of aryl methyl sites for hydroxylation is 1. The highest BCUT2D eigenvalue weighted by Gasteiger charge is 2.52. The molecular formula is C15H16F3NO. The van der Waals surface area contributed by atoms with Crippen molar-refractivity contribution in [1.29, 1.82) is 0 Å².